The van der Waals surface area contributed by atoms with Gasteiger partial charge >= 0.3 is 0 Å². The van der Waals surface area contributed by atoms with Crippen LogP contribution in [-0.2, 0) is 29.2 Å². The summed E-state index contributed by atoms with van der Waals surface area (Å²) in [6.45, 7) is 4.65. The van der Waals surface area contributed by atoms with Crippen molar-refractivity contribution in [1.29, 1.82) is 0 Å². The summed E-state index contributed by atoms with van der Waals surface area (Å²) in [5, 5.41) is 3.60. The number of hydrogen-bond acceptors (Lipinski definition) is 4. The van der Waals surface area contributed by atoms with E-state index in [0.29, 0.717) is 31.3 Å². The fourth-order valence-electron chi connectivity index (χ4n) is 2.69. The molecule has 1 N–H and O–H groups in total. The number of carbonyl (C=O) groups is 1. The standard InChI is InChI=1S/C21H27ClN2O3/c1-4-27-15-17-7-5-16(6-8-17)12-23-21(25)14-24(2)13-18-11-19(22)9-10-20(18)26-3/h5-11H,4,12-15H2,1-3H3,(H,23,25). The van der Waals surface area contributed by atoms with Gasteiger partial charge in [-0.2, -0.15) is 0 Å². The minimum absolute atomic E-state index is 0.0307. The smallest absolute Gasteiger partial charge is 0.234 e. The van der Waals surface area contributed by atoms with Crippen molar-refractivity contribution in [3.8, 4) is 5.75 Å². The SMILES string of the molecule is CCOCc1ccc(CNC(=O)CN(C)Cc2cc(Cl)ccc2OC)cc1. The molecule has 0 saturated heterocycles. The molecule has 0 bridgehead atoms. The van der Waals surface area contributed by atoms with Crippen LogP contribution < -0.4 is 10.1 Å². The van der Waals surface area contributed by atoms with E-state index in [2.05, 4.69) is 5.32 Å². The number of rotatable bonds is 10. The molecule has 0 fully saturated rings. The van der Waals surface area contributed by atoms with Crippen LogP contribution in [0.5, 0.6) is 5.75 Å². The van der Waals surface area contributed by atoms with Crippen molar-refractivity contribution < 1.29 is 14.3 Å². The molecule has 0 aromatic heterocycles. The van der Waals surface area contributed by atoms with Gasteiger partial charge in [-0.25, -0.2) is 0 Å². The lowest BCUT2D eigenvalue weighted by Crippen LogP contribution is -2.34. The van der Waals surface area contributed by atoms with Gasteiger partial charge in [0.25, 0.3) is 0 Å². The first-order chi connectivity index (χ1) is 13.0. The van der Waals surface area contributed by atoms with Gasteiger partial charge in [0.15, 0.2) is 0 Å². The number of methoxy groups -OCH3 is 1. The zero-order chi connectivity index (χ0) is 19.6. The molecule has 146 valence electrons. The normalized spacial score (nSPS) is 10.9. The fraction of sp³-hybridized carbons (Fsp3) is 0.381. The Balaban J connectivity index is 1.80. The first-order valence-electron chi connectivity index (χ1n) is 8.95. The number of amides is 1. The molecule has 0 unspecified atom stereocenters. The molecule has 6 heteroatoms. The van der Waals surface area contributed by atoms with Crippen LogP contribution >= 0.6 is 11.6 Å². The summed E-state index contributed by atoms with van der Waals surface area (Å²) in [7, 11) is 3.52. The summed E-state index contributed by atoms with van der Waals surface area (Å²) < 4.78 is 10.7. The molecular formula is C21H27ClN2O3. The van der Waals surface area contributed by atoms with Crippen molar-refractivity contribution in [3.05, 3.63) is 64.2 Å². The number of nitrogens with zero attached hydrogens (tertiary/aromatic N) is 1. The molecule has 0 radical (unpaired) electrons. The Morgan fingerprint density at radius 3 is 2.52 bits per heavy atom. The van der Waals surface area contributed by atoms with E-state index in [1.807, 2.05) is 55.3 Å². The molecule has 0 heterocycles. The lowest BCUT2D eigenvalue weighted by Gasteiger charge is -2.18. The zero-order valence-corrected chi connectivity index (χ0v) is 16.9. The number of nitrogens with one attached hydrogen (secondary N) is 1. The minimum atomic E-state index is -0.0307. The molecular weight excluding hydrogens is 364 g/mol. The van der Waals surface area contributed by atoms with E-state index in [1.54, 1.807) is 13.2 Å². The molecule has 2 aromatic rings. The van der Waals surface area contributed by atoms with Crippen molar-refractivity contribution in [2.75, 3.05) is 27.3 Å². The maximum Gasteiger partial charge on any atom is 0.234 e. The summed E-state index contributed by atoms with van der Waals surface area (Å²) in [6, 6.07) is 13.5. The Morgan fingerprint density at radius 1 is 1.15 bits per heavy atom. The number of carbonyl (C=O) groups excluding carboxylic acids is 1. The Bertz CT molecular complexity index is 735. The molecule has 0 saturated carbocycles. The van der Waals surface area contributed by atoms with Crippen LogP contribution in [0.4, 0.5) is 0 Å². The minimum Gasteiger partial charge on any atom is -0.496 e. The molecule has 1 amide bonds. The third-order valence-electron chi connectivity index (χ3n) is 4.08. The highest BCUT2D eigenvalue weighted by molar-refractivity contribution is 6.30. The van der Waals surface area contributed by atoms with Gasteiger partial charge < -0.3 is 14.8 Å². The third kappa shape index (κ3) is 7.21. The summed E-state index contributed by atoms with van der Waals surface area (Å²) in [5.41, 5.74) is 3.13. The number of ether oxygens (including phenoxy) is 2. The van der Waals surface area contributed by atoms with E-state index in [4.69, 9.17) is 21.1 Å². The largest absolute Gasteiger partial charge is 0.496 e. The van der Waals surface area contributed by atoms with Gasteiger partial charge in [-0.15, -0.1) is 0 Å². The number of hydrogen-bond donors (Lipinski definition) is 1. The molecule has 0 aliphatic carbocycles. The van der Waals surface area contributed by atoms with Crippen LogP contribution in [0.3, 0.4) is 0 Å². The third-order valence-corrected chi connectivity index (χ3v) is 4.32. The Kier molecular flexibility index (Phi) is 8.58. The van der Waals surface area contributed by atoms with Gasteiger partial charge in [-0.3, -0.25) is 9.69 Å². The summed E-state index contributed by atoms with van der Waals surface area (Å²) in [5.74, 6) is 0.732. The van der Waals surface area contributed by atoms with Gasteiger partial charge in [0.05, 0.1) is 20.3 Å². The lowest BCUT2D eigenvalue weighted by atomic mass is 10.1. The van der Waals surface area contributed by atoms with Crippen molar-refractivity contribution >= 4 is 17.5 Å². The van der Waals surface area contributed by atoms with E-state index < -0.39 is 0 Å². The fourth-order valence-corrected chi connectivity index (χ4v) is 2.89. The van der Waals surface area contributed by atoms with Gasteiger partial charge in [0.1, 0.15) is 5.75 Å². The highest BCUT2D eigenvalue weighted by Crippen LogP contribution is 2.23. The summed E-state index contributed by atoms with van der Waals surface area (Å²) in [6.07, 6.45) is 0. The van der Waals surface area contributed by atoms with Gasteiger partial charge in [0, 0.05) is 30.3 Å². The topological polar surface area (TPSA) is 50.8 Å². The van der Waals surface area contributed by atoms with E-state index >= 15 is 0 Å². The first-order valence-corrected chi connectivity index (χ1v) is 9.32. The van der Waals surface area contributed by atoms with E-state index in [1.165, 1.54) is 0 Å². The van der Waals surface area contributed by atoms with Crippen LogP contribution in [0.15, 0.2) is 42.5 Å². The Morgan fingerprint density at radius 2 is 1.85 bits per heavy atom. The number of likely N-dealkylation sites (N-methyl/N-ethyl adjacent to an activating group) is 1. The average molecular weight is 391 g/mol. The van der Waals surface area contributed by atoms with Gasteiger partial charge in [-0.1, -0.05) is 35.9 Å². The zero-order valence-electron chi connectivity index (χ0n) is 16.1. The lowest BCUT2D eigenvalue weighted by molar-refractivity contribution is -0.122. The van der Waals surface area contributed by atoms with Crippen LogP contribution in [0, 0.1) is 0 Å². The summed E-state index contributed by atoms with van der Waals surface area (Å²) in [4.78, 5) is 14.1. The van der Waals surface area contributed by atoms with Crippen molar-refractivity contribution in [2.45, 2.75) is 26.6 Å². The Labute approximate surface area is 166 Å². The Hall–Kier alpha value is -2.08. The van der Waals surface area contributed by atoms with Crippen molar-refractivity contribution in [3.63, 3.8) is 0 Å². The van der Waals surface area contributed by atoms with Crippen LogP contribution in [0.25, 0.3) is 0 Å². The van der Waals surface area contributed by atoms with E-state index in [0.717, 1.165) is 22.4 Å². The van der Waals surface area contributed by atoms with E-state index in [-0.39, 0.29) is 12.5 Å². The second-order valence-electron chi connectivity index (χ2n) is 6.36. The predicted octanol–water partition coefficient (Wildman–Crippen LogP) is 3.63. The maximum absolute atomic E-state index is 12.2. The molecule has 27 heavy (non-hydrogen) atoms. The van der Waals surface area contributed by atoms with Crippen molar-refractivity contribution in [1.82, 2.24) is 10.2 Å². The summed E-state index contributed by atoms with van der Waals surface area (Å²) >= 11 is 6.06. The quantitative estimate of drug-likeness (QED) is 0.673. The second kappa shape index (κ2) is 10.9. The average Bonchev–Trinajstić information content (AvgIpc) is 2.65. The monoisotopic (exact) mass is 390 g/mol. The molecule has 5 nitrogen and oxygen atoms in total. The maximum atomic E-state index is 12.2. The van der Waals surface area contributed by atoms with Crippen LogP contribution in [0.1, 0.15) is 23.6 Å². The molecule has 2 rings (SSSR count). The molecule has 0 aliphatic rings. The van der Waals surface area contributed by atoms with Crippen LogP contribution in [-0.4, -0.2) is 38.1 Å². The van der Waals surface area contributed by atoms with Crippen molar-refractivity contribution in [2.24, 2.45) is 0 Å². The number of halogens is 1. The molecule has 0 spiro atoms. The second-order valence-corrected chi connectivity index (χ2v) is 6.80. The highest BCUT2D eigenvalue weighted by atomic mass is 35.5. The number of benzene rings is 2. The van der Waals surface area contributed by atoms with E-state index in [9.17, 15) is 4.79 Å². The highest BCUT2D eigenvalue weighted by Gasteiger charge is 2.11. The van der Waals surface area contributed by atoms with Gasteiger partial charge in [0.2, 0.25) is 5.91 Å². The predicted molar refractivity (Wildman–Crippen MR) is 108 cm³/mol. The molecule has 2 aromatic carbocycles. The molecule has 0 atom stereocenters. The first kappa shape index (κ1) is 21.2. The molecule has 0 aliphatic heterocycles. The van der Waals surface area contributed by atoms with Gasteiger partial charge in [-0.05, 0) is 43.3 Å². The van der Waals surface area contributed by atoms with Crippen LogP contribution in [0.2, 0.25) is 5.02 Å².